The molecule has 12 heteroatoms. The Morgan fingerprint density at radius 1 is 1.21 bits per heavy atom. The third-order valence-electron chi connectivity index (χ3n) is 7.76. The lowest BCUT2D eigenvalue weighted by Gasteiger charge is -2.38. The Morgan fingerprint density at radius 2 is 2.03 bits per heavy atom. The smallest absolute Gasteiger partial charge is 0.326 e. The highest BCUT2D eigenvalue weighted by Crippen LogP contribution is 2.43. The van der Waals surface area contributed by atoms with Gasteiger partial charge in [0.2, 0.25) is 5.91 Å². The van der Waals surface area contributed by atoms with Gasteiger partial charge in [-0.25, -0.2) is 13.5 Å². The van der Waals surface area contributed by atoms with Crippen LogP contribution in [0.5, 0.6) is 0 Å². The van der Waals surface area contributed by atoms with Crippen molar-refractivity contribution in [2.75, 3.05) is 19.6 Å². The molecule has 2 atom stereocenters. The van der Waals surface area contributed by atoms with Crippen molar-refractivity contribution in [3.05, 3.63) is 71.1 Å². The third-order valence-corrected chi connectivity index (χ3v) is 7.76. The average Bonchev–Trinajstić information content (AvgIpc) is 3.83. The van der Waals surface area contributed by atoms with Gasteiger partial charge in [0.1, 0.15) is 23.4 Å². The highest BCUT2D eigenvalue weighted by Gasteiger charge is 2.54. The number of piperidine rings is 1. The molecule has 204 valence electrons. The maximum Gasteiger partial charge on any atom is 0.326 e. The highest BCUT2D eigenvalue weighted by molar-refractivity contribution is 5.94. The molecule has 3 aliphatic rings. The molecule has 10 nitrogen and oxygen atoms in total. The van der Waals surface area contributed by atoms with Crippen LogP contribution in [0.4, 0.5) is 8.78 Å². The van der Waals surface area contributed by atoms with Crippen LogP contribution in [0, 0.1) is 28.7 Å². The number of amides is 2. The Balaban J connectivity index is 1.18. The van der Waals surface area contributed by atoms with E-state index in [1.807, 2.05) is 0 Å². The molecule has 1 aromatic carbocycles. The number of hydrogen-bond donors (Lipinski definition) is 2. The molecule has 39 heavy (non-hydrogen) atoms. The van der Waals surface area contributed by atoms with Crippen molar-refractivity contribution in [3.63, 3.8) is 0 Å². The number of halogens is 2. The van der Waals surface area contributed by atoms with E-state index in [0.29, 0.717) is 36.5 Å². The number of carbonyl (C=O) groups excluding carboxylic acids is 2. The molecule has 2 amide bonds. The summed E-state index contributed by atoms with van der Waals surface area (Å²) >= 11 is 0. The Kier molecular flexibility index (Phi) is 6.49. The van der Waals surface area contributed by atoms with E-state index < -0.39 is 35.0 Å². The maximum absolute atomic E-state index is 14.2. The summed E-state index contributed by atoms with van der Waals surface area (Å²) in [6.07, 6.45) is 7.02. The van der Waals surface area contributed by atoms with Gasteiger partial charge < -0.3 is 25.3 Å². The fourth-order valence-electron chi connectivity index (χ4n) is 5.28. The molecule has 0 spiro atoms. The van der Waals surface area contributed by atoms with Gasteiger partial charge >= 0.3 is 5.82 Å². The molecule has 3 aromatic rings. The van der Waals surface area contributed by atoms with Gasteiger partial charge in [-0.2, -0.15) is 0 Å². The van der Waals surface area contributed by atoms with E-state index in [0.717, 1.165) is 25.2 Å². The molecule has 1 saturated heterocycles. The molecule has 0 bridgehead atoms. The molecular weight excluding hydrogens is 510 g/mol. The zero-order valence-electron chi connectivity index (χ0n) is 21.1. The normalized spacial score (nSPS) is 22.3. The summed E-state index contributed by atoms with van der Waals surface area (Å²) in [5, 5.41) is 22.1. The first-order chi connectivity index (χ1) is 18.8. The predicted molar refractivity (Wildman–Crippen MR) is 133 cm³/mol. The summed E-state index contributed by atoms with van der Waals surface area (Å²) in [6.45, 7) is 2.10. The summed E-state index contributed by atoms with van der Waals surface area (Å²) in [7, 11) is 0. The van der Waals surface area contributed by atoms with E-state index in [1.165, 1.54) is 43.4 Å². The summed E-state index contributed by atoms with van der Waals surface area (Å²) in [6, 6.07) is 5.36. The molecule has 3 fully saturated rings. The number of benzene rings is 1. The van der Waals surface area contributed by atoms with Crippen LogP contribution in [-0.2, 0) is 10.3 Å². The monoisotopic (exact) mass is 538 g/mol. The van der Waals surface area contributed by atoms with Gasteiger partial charge in [0.15, 0.2) is 11.5 Å². The zero-order valence-corrected chi connectivity index (χ0v) is 21.1. The van der Waals surface area contributed by atoms with Gasteiger partial charge in [-0.15, -0.1) is 0 Å². The van der Waals surface area contributed by atoms with E-state index in [9.17, 15) is 23.6 Å². The number of hydrogen-bond acceptors (Lipinski definition) is 7. The Morgan fingerprint density at radius 3 is 2.74 bits per heavy atom. The molecule has 1 aliphatic heterocycles. The summed E-state index contributed by atoms with van der Waals surface area (Å²) in [5.41, 5.74) is -0.908. The lowest BCUT2D eigenvalue weighted by molar-refractivity contribution is -0.621. The largest absolute Gasteiger partial charge is 0.711 e. The van der Waals surface area contributed by atoms with E-state index >= 15 is 0 Å². The number of nitrogens with one attached hydrogen (secondary N) is 2. The van der Waals surface area contributed by atoms with Crippen LogP contribution < -0.4 is 15.4 Å². The van der Waals surface area contributed by atoms with Crippen LogP contribution in [0.1, 0.15) is 48.4 Å². The standard InChI is InChI=1S/C27H28F2N6O4/c28-17-4-5-18(20(29)12-17)23-13-22(33-39-23)25(37)31-21-6-11-34(14-16-2-3-16)15-19(21)24(36)32-27(7-8-27)26-30-9-1-10-35(26)38/h1,4-5,9-10,12-13,16,19,21H,2-3,6-8,11,14-15H2,(H,31,37)(H,32,36)/t19-,21-/m0/s1. The fourth-order valence-corrected chi connectivity index (χ4v) is 5.28. The molecule has 2 aromatic heterocycles. The van der Waals surface area contributed by atoms with Crippen molar-refractivity contribution in [1.29, 1.82) is 0 Å². The molecule has 0 unspecified atom stereocenters. The number of aromatic nitrogens is 3. The van der Waals surface area contributed by atoms with Gasteiger partial charge in [0.25, 0.3) is 5.91 Å². The highest BCUT2D eigenvalue weighted by atomic mass is 19.1. The van der Waals surface area contributed by atoms with Crippen LogP contribution in [0.2, 0.25) is 0 Å². The third kappa shape index (κ3) is 5.33. The topological polar surface area (TPSA) is 127 Å². The average molecular weight is 539 g/mol. The maximum atomic E-state index is 14.2. The fraction of sp³-hybridized carbons (Fsp3) is 0.444. The van der Waals surface area contributed by atoms with Gasteiger partial charge in [0, 0.05) is 43.9 Å². The summed E-state index contributed by atoms with van der Waals surface area (Å²) in [4.78, 5) is 33.2. The van der Waals surface area contributed by atoms with Crippen molar-refractivity contribution < 1.29 is 27.6 Å². The van der Waals surface area contributed by atoms with Crippen LogP contribution >= 0.6 is 0 Å². The number of rotatable bonds is 8. The molecule has 6 rings (SSSR count). The first-order valence-corrected chi connectivity index (χ1v) is 13.1. The van der Waals surface area contributed by atoms with Crippen molar-refractivity contribution in [1.82, 2.24) is 25.7 Å². The molecule has 2 aliphatic carbocycles. The molecule has 2 saturated carbocycles. The van der Waals surface area contributed by atoms with Crippen LogP contribution in [0.3, 0.4) is 0 Å². The minimum absolute atomic E-state index is 0.0110. The van der Waals surface area contributed by atoms with E-state index in [4.69, 9.17) is 4.52 Å². The minimum Gasteiger partial charge on any atom is -0.711 e. The SMILES string of the molecule is O=C(N[C@H]1CCN(CC2CC2)C[C@@H]1C(=O)NC1(c2nccc[n+]2[O-])CC1)c1cc(-c2ccc(F)cc2F)on1. The quantitative estimate of drug-likeness (QED) is 0.333. The molecule has 0 radical (unpaired) electrons. The zero-order chi connectivity index (χ0) is 27.1. The van der Waals surface area contributed by atoms with Crippen LogP contribution in [-0.4, -0.2) is 52.5 Å². The first kappa shape index (κ1) is 25.4. The Hall–Kier alpha value is -3.93. The molecule has 2 N–H and O–H groups in total. The minimum atomic E-state index is -0.834. The first-order valence-electron chi connectivity index (χ1n) is 13.1. The summed E-state index contributed by atoms with van der Waals surface area (Å²) < 4.78 is 33.3. The van der Waals surface area contributed by atoms with E-state index in [1.54, 1.807) is 0 Å². The van der Waals surface area contributed by atoms with Crippen LogP contribution in [0.15, 0.2) is 47.2 Å². The molecular formula is C27H28F2N6O4. The van der Waals surface area contributed by atoms with Gasteiger partial charge in [-0.3, -0.25) is 9.59 Å². The second-order valence-corrected chi connectivity index (χ2v) is 10.7. The summed E-state index contributed by atoms with van der Waals surface area (Å²) in [5.74, 6) is -2.05. The van der Waals surface area contributed by atoms with Crippen molar-refractivity contribution in [2.45, 2.75) is 43.7 Å². The van der Waals surface area contributed by atoms with Gasteiger partial charge in [-0.1, -0.05) is 10.1 Å². The van der Waals surface area contributed by atoms with Crippen molar-refractivity contribution >= 4 is 11.8 Å². The van der Waals surface area contributed by atoms with E-state index in [-0.39, 0.29) is 28.7 Å². The predicted octanol–water partition coefficient (Wildman–Crippen LogP) is 2.28. The number of carbonyl (C=O) groups is 2. The Labute approximate surface area is 223 Å². The molecule has 3 heterocycles. The van der Waals surface area contributed by atoms with Crippen LogP contribution in [0.25, 0.3) is 11.3 Å². The van der Waals surface area contributed by atoms with Crippen molar-refractivity contribution in [3.8, 4) is 11.3 Å². The lowest BCUT2D eigenvalue weighted by Crippen LogP contribution is -2.58. The van der Waals surface area contributed by atoms with Gasteiger partial charge in [0.05, 0.1) is 17.7 Å². The van der Waals surface area contributed by atoms with Crippen molar-refractivity contribution in [2.24, 2.45) is 11.8 Å². The van der Waals surface area contributed by atoms with E-state index in [2.05, 4.69) is 25.7 Å². The Bertz CT molecular complexity index is 1410. The number of likely N-dealkylation sites (tertiary alicyclic amines) is 1. The number of nitrogens with zero attached hydrogens (tertiary/aromatic N) is 4. The lowest BCUT2D eigenvalue weighted by atomic mass is 9.90. The van der Waals surface area contributed by atoms with Gasteiger partial charge in [-0.05, 0) is 50.2 Å². The second kappa shape index (κ2) is 9.99. The second-order valence-electron chi connectivity index (χ2n) is 10.7.